The van der Waals surface area contributed by atoms with E-state index < -0.39 is 29.7 Å². The third-order valence-electron chi connectivity index (χ3n) is 20.6. The number of nitrogens with zero attached hydrogens (tertiary/aromatic N) is 2. The maximum atomic E-state index is 14.0. The molecule has 5 amide bonds. The zero-order chi connectivity index (χ0) is 87.4. The summed E-state index contributed by atoms with van der Waals surface area (Å²) in [7, 11) is 0. The average molecular weight is 1690 g/mol. The molecule has 688 valence electrons. The van der Waals surface area contributed by atoms with Crippen LogP contribution in [0.3, 0.4) is 0 Å². The summed E-state index contributed by atoms with van der Waals surface area (Å²) in [6.45, 7) is 12.9. The summed E-state index contributed by atoms with van der Waals surface area (Å²) in [6, 6.07) is -1.03. The predicted molar refractivity (Wildman–Crippen MR) is 492 cm³/mol. The number of nitrogens with one attached hydrogen (secondary N) is 3. The van der Waals surface area contributed by atoms with Gasteiger partial charge in [0.15, 0.2) is 0 Å². The number of carbonyl (C=O) groups excluding carboxylic acids is 9. The molecule has 0 aromatic heterocycles. The molecule has 0 aliphatic rings. The molecule has 0 aromatic carbocycles. The first-order valence-electron chi connectivity index (χ1n) is 48.2. The summed E-state index contributed by atoms with van der Waals surface area (Å²) in [4.78, 5) is 123. The van der Waals surface area contributed by atoms with Crippen LogP contribution in [-0.2, 0) is 71.6 Å². The molecule has 3 N–H and O–H groups in total. The third kappa shape index (κ3) is 82.0. The summed E-state index contributed by atoms with van der Waals surface area (Å²) in [5.41, 5.74) is 0. The molecule has 20 heteroatoms. The van der Waals surface area contributed by atoms with Gasteiger partial charge in [0.25, 0.3) is 0 Å². The normalized spacial score (nSPS) is 12.1. The summed E-state index contributed by atoms with van der Waals surface area (Å²) in [5.74, 6) is -3.62. The van der Waals surface area contributed by atoms with Crippen LogP contribution in [0.1, 0.15) is 388 Å². The number of carbonyl (C=O) groups is 9. The van der Waals surface area contributed by atoms with Crippen LogP contribution < -0.4 is 16.0 Å². The molecule has 20 nitrogen and oxygen atoms in total. The number of hydrogen-bond acceptors (Lipinski definition) is 15. The van der Waals surface area contributed by atoms with Crippen molar-refractivity contribution >= 4 is 53.4 Å². The van der Waals surface area contributed by atoms with Crippen LogP contribution in [0, 0.1) is 0 Å². The highest BCUT2D eigenvalue weighted by atomic mass is 16.5. The number of unbranched alkanes of at least 4 members (excludes halogenated alkanes) is 32. The van der Waals surface area contributed by atoms with E-state index in [1.165, 1.54) is 86.8 Å². The van der Waals surface area contributed by atoms with Crippen LogP contribution in [0.25, 0.3) is 0 Å². The summed E-state index contributed by atoms with van der Waals surface area (Å²) < 4.78 is 33.4. The van der Waals surface area contributed by atoms with Crippen LogP contribution in [0.4, 0.5) is 0 Å². The predicted octanol–water partition coefficient (Wildman–Crippen LogP) is 22.6. The van der Waals surface area contributed by atoms with E-state index in [0.29, 0.717) is 58.5 Å². The molecule has 1 atom stereocenters. The zero-order valence-corrected chi connectivity index (χ0v) is 76.6. The number of ether oxygens (including phenoxy) is 6. The smallest absolute Gasteiger partial charge is 0.305 e. The Bertz CT molecular complexity index is 2610. The Hall–Kier alpha value is -6.93. The lowest BCUT2D eigenvalue weighted by Crippen LogP contribution is -2.47. The Morgan fingerprint density at radius 2 is 0.550 bits per heavy atom. The van der Waals surface area contributed by atoms with Crippen molar-refractivity contribution in [3.63, 3.8) is 0 Å². The summed E-state index contributed by atoms with van der Waals surface area (Å²) >= 11 is 0. The molecule has 0 spiro atoms. The third-order valence-corrected chi connectivity index (χ3v) is 20.6. The van der Waals surface area contributed by atoms with Gasteiger partial charge in [-0.15, -0.1) is 0 Å². The lowest BCUT2D eigenvalue weighted by Gasteiger charge is -2.23. The molecule has 120 heavy (non-hydrogen) atoms. The van der Waals surface area contributed by atoms with Crippen LogP contribution in [0.5, 0.6) is 0 Å². The molecular weight excluding hydrogens is 1510 g/mol. The highest BCUT2D eigenvalue weighted by Gasteiger charge is 2.24. The Kier molecular flexibility index (Phi) is 86.0. The molecule has 0 fully saturated rings. The maximum absolute atomic E-state index is 14.0. The topological polar surface area (TPSA) is 252 Å². The molecular formula is C100H173N5O15. The minimum atomic E-state index is -1.03. The number of rotatable bonds is 88. The fourth-order valence-corrected chi connectivity index (χ4v) is 13.2. The summed E-state index contributed by atoms with van der Waals surface area (Å²) in [5, 5.41) is 8.54. The van der Waals surface area contributed by atoms with Crippen LogP contribution in [-0.4, -0.2) is 161 Å². The van der Waals surface area contributed by atoms with Crippen LogP contribution >= 0.6 is 0 Å². The second kappa shape index (κ2) is 91.3. The second-order valence-corrected chi connectivity index (χ2v) is 31.6. The minimum absolute atomic E-state index is 0.0265. The standard InChI is InChI=1S/C100H173N5O15/c1-6-11-15-19-23-27-31-35-39-43-47-51-55-59-63-70-96(110)117-85-80-104(81-86-118-97(111)71-64-60-56-52-48-44-40-36-32-28-24-20-16-12-7-2)94(108)76-74-92(106)101-78-67-69-91(100(114)102-79-68-84-116-90-89-115-10-5)103-93(107)75-77-95(109)105(82-87-119-98(112)72-65-61-57-53-49-45-41-37-33-29-25-21-17-13-8-3)83-88-120-99(113)73-66-62-58-54-50-46-42-38-34-30-26-22-18-14-9-4/h23-30,35-42,91H,6-22,31-34,43-90H2,1-5H3,(H,101,106)(H,102,114)(H,103,107)/b27-23-,28-24-,29-25-,30-26-,39-35-,40-36-,41-37-,42-38-/t91-/m0/s1. The molecule has 0 radical (unpaired) electrons. The molecule has 0 saturated carbocycles. The van der Waals surface area contributed by atoms with Gasteiger partial charge in [-0.1, -0.05) is 253 Å². The van der Waals surface area contributed by atoms with Crippen molar-refractivity contribution in [3.8, 4) is 0 Å². The highest BCUT2D eigenvalue weighted by molar-refractivity contribution is 5.89. The molecule has 0 saturated heterocycles. The molecule has 0 rings (SSSR count). The van der Waals surface area contributed by atoms with Crippen molar-refractivity contribution in [3.05, 3.63) is 97.2 Å². The quantitative estimate of drug-likeness (QED) is 0.0222. The van der Waals surface area contributed by atoms with Gasteiger partial charge in [-0.2, -0.15) is 0 Å². The highest BCUT2D eigenvalue weighted by Crippen LogP contribution is 2.16. The van der Waals surface area contributed by atoms with E-state index in [4.69, 9.17) is 28.4 Å². The van der Waals surface area contributed by atoms with Crippen molar-refractivity contribution in [1.29, 1.82) is 0 Å². The van der Waals surface area contributed by atoms with Gasteiger partial charge in [0.05, 0.1) is 39.4 Å². The Balaban J connectivity index is 5.84. The molecule has 0 aromatic rings. The van der Waals surface area contributed by atoms with Gasteiger partial charge in [-0.3, -0.25) is 43.2 Å². The minimum Gasteiger partial charge on any atom is -0.464 e. The van der Waals surface area contributed by atoms with Gasteiger partial charge in [-0.05, 0) is 180 Å². The van der Waals surface area contributed by atoms with Crippen molar-refractivity contribution in [2.45, 2.75) is 394 Å². The second-order valence-electron chi connectivity index (χ2n) is 31.6. The van der Waals surface area contributed by atoms with E-state index in [-0.39, 0.29) is 160 Å². The van der Waals surface area contributed by atoms with Crippen LogP contribution in [0.15, 0.2) is 97.2 Å². The summed E-state index contributed by atoms with van der Waals surface area (Å²) in [6.07, 6.45) is 84.0. The Morgan fingerprint density at radius 3 is 0.867 bits per heavy atom. The van der Waals surface area contributed by atoms with Gasteiger partial charge in [0.2, 0.25) is 29.5 Å². The first-order valence-corrected chi connectivity index (χ1v) is 48.2. The Labute approximate surface area is 730 Å². The fraction of sp³-hybridized carbons (Fsp3) is 0.750. The van der Waals surface area contributed by atoms with Gasteiger partial charge in [0, 0.05) is 77.7 Å². The van der Waals surface area contributed by atoms with Crippen molar-refractivity contribution in [1.82, 2.24) is 25.8 Å². The largest absolute Gasteiger partial charge is 0.464 e. The lowest BCUT2D eigenvalue weighted by molar-refractivity contribution is -0.148. The van der Waals surface area contributed by atoms with Crippen molar-refractivity contribution in [2.24, 2.45) is 0 Å². The fourth-order valence-electron chi connectivity index (χ4n) is 13.2. The van der Waals surface area contributed by atoms with Crippen molar-refractivity contribution in [2.75, 3.05) is 92.1 Å². The van der Waals surface area contributed by atoms with E-state index in [1.807, 2.05) is 6.92 Å². The van der Waals surface area contributed by atoms with E-state index >= 15 is 0 Å². The maximum Gasteiger partial charge on any atom is 0.305 e. The van der Waals surface area contributed by atoms with E-state index in [0.717, 1.165) is 180 Å². The van der Waals surface area contributed by atoms with Crippen molar-refractivity contribution < 1.29 is 71.6 Å². The first-order chi connectivity index (χ1) is 58.8. The molecule has 0 aliphatic carbocycles. The zero-order valence-electron chi connectivity index (χ0n) is 76.6. The van der Waals surface area contributed by atoms with Gasteiger partial charge in [0.1, 0.15) is 32.5 Å². The van der Waals surface area contributed by atoms with E-state index in [1.54, 1.807) is 0 Å². The van der Waals surface area contributed by atoms with E-state index in [2.05, 4.69) is 141 Å². The van der Waals surface area contributed by atoms with Crippen LogP contribution in [0.2, 0.25) is 0 Å². The number of allylic oxidation sites excluding steroid dienone is 16. The van der Waals surface area contributed by atoms with Gasteiger partial charge >= 0.3 is 23.9 Å². The Morgan fingerprint density at radius 1 is 0.267 bits per heavy atom. The number of esters is 4. The monoisotopic (exact) mass is 1680 g/mol. The first kappa shape index (κ1) is 113. The number of hydrogen-bond donors (Lipinski definition) is 3. The van der Waals surface area contributed by atoms with Gasteiger partial charge in [-0.25, -0.2) is 0 Å². The molecule has 0 heterocycles. The number of amides is 5. The molecule has 0 unspecified atom stereocenters. The molecule has 0 aliphatic heterocycles. The average Bonchev–Trinajstić information content (AvgIpc) is 0.919. The lowest BCUT2D eigenvalue weighted by atomic mass is 10.1. The molecule has 0 bridgehead atoms. The van der Waals surface area contributed by atoms with Gasteiger partial charge < -0.3 is 54.2 Å². The van der Waals surface area contributed by atoms with E-state index in [9.17, 15) is 43.2 Å². The SMILES string of the molecule is CCCCC/C=C\C/C=C\CCCCCCCC(=O)OCCN(CCOC(=O)CCCCCCC/C=C\C/C=C\CCCCC)C(=O)CCC(=O)NCCC[C@H](NC(=O)CCC(=O)N(CCOC(=O)CCCCCCC/C=C\C/C=C\CCCCC)CCOC(=O)CCCCCCC/C=C\C/C=C\CCCCC)C(=O)NCCCOCCOCC.